The number of para-hydroxylation sites is 3. The predicted molar refractivity (Wildman–Crippen MR) is 118 cm³/mol. The zero-order valence-electron chi connectivity index (χ0n) is 16.3. The molecule has 0 radical (unpaired) electrons. The van der Waals surface area contributed by atoms with Gasteiger partial charge in [-0.1, -0.05) is 30.3 Å². The van der Waals surface area contributed by atoms with Gasteiger partial charge in [0.1, 0.15) is 5.76 Å². The maximum Gasteiger partial charge on any atom is 0.230 e. The number of carbonyl (C=O) groups is 1. The number of benzene rings is 2. The van der Waals surface area contributed by atoms with E-state index in [2.05, 4.69) is 15.2 Å². The third-order valence-corrected chi connectivity index (χ3v) is 5.43. The third kappa shape index (κ3) is 4.38. The van der Waals surface area contributed by atoms with Gasteiger partial charge >= 0.3 is 0 Å². The van der Waals surface area contributed by atoms with Crippen molar-refractivity contribution in [2.24, 2.45) is 0 Å². The van der Waals surface area contributed by atoms with E-state index < -0.39 is 0 Å². The predicted octanol–water partition coefficient (Wildman–Crippen LogP) is 5.66. The van der Waals surface area contributed by atoms with Crippen LogP contribution in [0.3, 0.4) is 0 Å². The highest BCUT2D eigenvalue weighted by Gasteiger charge is 2.14. The van der Waals surface area contributed by atoms with E-state index in [0.717, 1.165) is 39.3 Å². The lowest BCUT2D eigenvalue weighted by atomic mass is 10.2. The van der Waals surface area contributed by atoms with Gasteiger partial charge in [0.05, 0.1) is 23.5 Å². The van der Waals surface area contributed by atoms with Crippen LogP contribution in [0.25, 0.3) is 10.8 Å². The molecule has 0 saturated carbocycles. The number of rotatable bonds is 6. The second-order valence-corrected chi connectivity index (χ2v) is 7.55. The molecule has 2 heterocycles. The SMILES string of the molecule is Cc1ccc(-c2nc(CC(=O)Nc3ccccc3N(C)c3ccccc3)cs2)o1. The molecule has 1 amide bonds. The van der Waals surface area contributed by atoms with Crippen LogP contribution < -0.4 is 10.2 Å². The normalized spacial score (nSPS) is 10.7. The van der Waals surface area contributed by atoms with Crippen LogP contribution in [0, 0.1) is 6.92 Å². The molecule has 0 atom stereocenters. The standard InChI is InChI=1S/C23H21N3O2S/c1-16-12-13-21(28-16)23-24-17(15-29-23)14-22(27)25-19-10-6-7-11-20(19)26(2)18-8-4-3-5-9-18/h3-13,15H,14H2,1-2H3,(H,25,27). The van der Waals surface area contributed by atoms with E-state index in [1.54, 1.807) is 0 Å². The Balaban J connectivity index is 1.47. The Kier molecular flexibility index (Phi) is 5.44. The highest BCUT2D eigenvalue weighted by molar-refractivity contribution is 7.13. The highest BCUT2D eigenvalue weighted by Crippen LogP contribution is 2.31. The number of anilines is 3. The molecule has 2 aromatic carbocycles. The van der Waals surface area contributed by atoms with E-state index in [0.29, 0.717) is 0 Å². The van der Waals surface area contributed by atoms with Gasteiger partial charge in [-0.2, -0.15) is 0 Å². The highest BCUT2D eigenvalue weighted by atomic mass is 32.1. The molecule has 0 spiro atoms. The molecule has 4 aromatic rings. The summed E-state index contributed by atoms with van der Waals surface area (Å²) in [6.45, 7) is 1.90. The van der Waals surface area contributed by atoms with Crippen LogP contribution in [0.2, 0.25) is 0 Å². The second kappa shape index (κ2) is 8.32. The molecule has 0 aliphatic rings. The number of nitrogens with zero attached hydrogens (tertiary/aromatic N) is 2. The summed E-state index contributed by atoms with van der Waals surface area (Å²) in [5.74, 6) is 1.47. The van der Waals surface area contributed by atoms with Gasteiger partial charge in [0, 0.05) is 18.1 Å². The lowest BCUT2D eigenvalue weighted by Gasteiger charge is -2.22. The minimum absolute atomic E-state index is 0.105. The largest absolute Gasteiger partial charge is 0.459 e. The summed E-state index contributed by atoms with van der Waals surface area (Å²) >= 11 is 1.48. The molecule has 5 nitrogen and oxygen atoms in total. The summed E-state index contributed by atoms with van der Waals surface area (Å²) in [6, 6.07) is 21.6. The molecule has 2 aromatic heterocycles. The van der Waals surface area contributed by atoms with E-state index in [9.17, 15) is 4.79 Å². The van der Waals surface area contributed by atoms with E-state index in [4.69, 9.17) is 4.42 Å². The summed E-state index contributed by atoms with van der Waals surface area (Å²) in [4.78, 5) is 19.2. The Morgan fingerprint density at radius 2 is 1.83 bits per heavy atom. The van der Waals surface area contributed by atoms with Crippen LogP contribution in [-0.4, -0.2) is 17.9 Å². The molecule has 0 unspecified atom stereocenters. The maximum absolute atomic E-state index is 12.7. The van der Waals surface area contributed by atoms with Crippen molar-refractivity contribution in [1.29, 1.82) is 0 Å². The molecule has 29 heavy (non-hydrogen) atoms. The fourth-order valence-corrected chi connectivity index (χ4v) is 3.85. The summed E-state index contributed by atoms with van der Waals surface area (Å²) in [7, 11) is 1.98. The average molecular weight is 404 g/mol. The Bertz CT molecular complexity index is 1120. The van der Waals surface area contributed by atoms with Crippen molar-refractivity contribution in [1.82, 2.24) is 4.98 Å². The number of furan rings is 1. The lowest BCUT2D eigenvalue weighted by molar-refractivity contribution is -0.115. The van der Waals surface area contributed by atoms with Crippen molar-refractivity contribution in [3.05, 3.63) is 83.6 Å². The smallest absolute Gasteiger partial charge is 0.230 e. The average Bonchev–Trinajstić information content (AvgIpc) is 3.37. The lowest BCUT2D eigenvalue weighted by Crippen LogP contribution is -2.18. The first-order valence-corrected chi connectivity index (χ1v) is 10.2. The number of aryl methyl sites for hydroxylation is 1. The maximum atomic E-state index is 12.7. The summed E-state index contributed by atoms with van der Waals surface area (Å²) in [5.41, 5.74) is 3.47. The summed E-state index contributed by atoms with van der Waals surface area (Å²) in [6.07, 6.45) is 0.208. The molecule has 0 fully saturated rings. The van der Waals surface area contributed by atoms with E-state index in [1.807, 2.05) is 86.1 Å². The molecule has 0 bridgehead atoms. The quantitative estimate of drug-likeness (QED) is 0.451. The number of thiazole rings is 1. The van der Waals surface area contributed by atoms with Gasteiger partial charge in [0.15, 0.2) is 10.8 Å². The fourth-order valence-electron chi connectivity index (χ4n) is 3.07. The second-order valence-electron chi connectivity index (χ2n) is 6.69. The van der Waals surface area contributed by atoms with Crippen molar-refractivity contribution in [2.45, 2.75) is 13.3 Å². The zero-order valence-corrected chi connectivity index (χ0v) is 17.1. The van der Waals surface area contributed by atoms with Gasteiger partial charge in [-0.25, -0.2) is 4.98 Å². The molecule has 4 rings (SSSR count). The van der Waals surface area contributed by atoms with Crippen LogP contribution >= 0.6 is 11.3 Å². The third-order valence-electron chi connectivity index (χ3n) is 4.53. The molecule has 1 N–H and O–H groups in total. The van der Waals surface area contributed by atoms with Crippen LogP contribution in [0.1, 0.15) is 11.5 Å². The van der Waals surface area contributed by atoms with Crippen molar-refractivity contribution < 1.29 is 9.21 Å². The number of aromatic nitrogens is 1. The number of hydrogen-bond donors (Lipinski definition) is 1. The van der Waals surface area contributed by atoms with Crippen molar-refractivity contribution in [3.63, 3.8) is 0 Å². The number of amides is 1. The molecular weight excluding hydrogens is 382 g/mol. The van der Waals surface area contributed by atoms with Crippen LogP contribution in [-0.2, 0) is 11.2 Å². The van der Waals surface area contributed by atoms with E-state index in [-0.39, 0.29) is 12.3 Å². The number of hydrogen-bond acceptors (Lipinski definition) is 5. The first kappa shape index (κ1) is 19.0. The van der Waals surface area contributed by atoms with Crippen LogP contribution in [0.15, 0.2) is 76.5 Å². The fraction of sp³-hybridized carbons (Fsp3) is 0.130. The van der Waals surface area contributed by atoms with Gasteiger partial charge in [-0.05, 0) is 43.3 Å². The van der Waals surface area contributed by atoms with Crippen molar-refractivity contribution in [3.8, 4) is 10.8 Å². The number of nitrogens with one attached hydrogen (secondary N) is 1. The number of carbonyl (C=O) groups excluding carboxylic acids is 1. The first-order chi connectivity index (χ1) is 14.1. The van der Waals surface area contributed by atoms with Gasteiger partial charge in [-0.15, -0.1) is 11.3 Å². The molecular formula is C23H21N3O2S. The van der Waals surface area contributed by atoms with Crippen molar-refractivity contribution >= 4 is 34.3 Å². The zero-order chi connectivity index (χ0) is 20.2. The molecule has 0 aliphatic carbocycles. The Labute approximate surface area is 173 Å². The summed E-state index contributed by atoms with van der Waals surface area (Å²) < 4.78 is 5.61. The topological polar surface area (TPSA) is 58.4 Å². The molecule has 146 valence electrons. The van der Waals surface area contributed by atoms with Gasteiger partial charge in [0.2, 0.25) is 5.91 Å². The van der Waals surface area contributed by atoms with Gasteiger partial charge in [-0.3, -0.25) is 4.79 Å². The van der Waals surface area contributed by atoms with E-state index in [1.165, 1.54) is 11.3 Å². The van der Waals surface area contributed by atoms with Crippen LogP contribution in [0.4, 0.5) is 17.1 Å². The Morgan fingerprint density at radius 3 is 2.59 bits per heavy atom. The summed E-state index contributed by atoms with van der Waals surface area (Å²) in [5, 5.41) is 5.70. The molecule has 0 saturated heterocycles. The Morgan fingerprint density at radius 1 is 1.07 bits per heavy atom. The minimum atomic E-state index is -0.105. The minimum Gasteiger partial charge on any atom is -0.459 e. The van der Waals surface area contributed by atoms with Crippen LogP contribution in [0.5, 0.6) is 0 Å². The van der Waals surface area contributed by atoms with E-state index >= 15 is 0 Å². The molecule has 6 heteroatoms. The monoisotopic (exact) mass is 403 g/mol. The van der Waals surface area contributed by atoms with Gasteiger partial charge in [0.25, 0.3) is 0 Å². The Hall–Kier alpha value is -3.38. The van der Waals surface area contributed by atoms with Crippen molar-refractivity contribution in [2.75, 3.05) is 17.3 Å². The van der Waals surface area contributed by atoms with Gasteiger partial charge < -0.3 is 14.6 Å². The molecule has 0 aliphatic heterocycles. The first-order valence-electron chi connectivity index (χ1n) is 9.29.